The van der Waals surface area contributed by atoms with Crippen molar-refractivity contribution in [2.75, 3.05) is 14.2 Å². The molecular weight excluding hydrogens is 258 g/mol. The first kappa shape index (κ1) is 11.6. The van der Waals surface area contributed by atoms with E-state index in [0.29, 0.717) is 11.5 Å². The van der Waals surface area contributed by atoms with Crippen LogP contribution >= 0.6 is 15.9 Å². The zero-order valence-electron chi connectivity index (χ0n) is 8.45. The minimum Gasteiger partial charge on any atom is -0.496 e. The lowest BCUT2D eigenvalue weighted by Gasteiger charge is -2.10. The van der Waals surface area contributed by atoms with E-state index in [1.165, 1.54) is 6.08 Å². The smallest absolute Gasteiger partial charge is 0.133 e. The maximum atomic E-state index is 8.48. The van der Waals surface area contributed by atoms with Crippen LogP contribution in [0.25, 0.3) is 6.08 Å². The molecule has 0 radical (unpaired) electrons. The van der Waals surface area contributed by atoms with Gasteiger partial charge in [-0.25, -0.2) is 0 Å². The fourth-order valence-electron chi connectivity index (χ4n) is 1.17. The molecule has 1 aromatic carbocycles. The molecule has 15 heavy (non-hydrogen) atoms. The summed E-state index contributed by atoms with van der Waals surface area (Å²) in [6.45, 7) is 0. The molecule has 0 saturated heterocycles. The molecule has 0 aliphatic carbocycles. The van der Waals surface area contributed by atoms with Crippen molar-refractivity contribution in [2.45, 2.75) is 0 Å². The molecule has 4 heteroatoms. The number of rotatable bonds is 3. The van der Waals surface area contributed by atoms with Crippen molar-refractivity contribution < 1.29 is 9.47 Å². The molecule has 0 unspecified atom stereocenters. The number of allylic oxidation sites excluding steroid dienone is 1. The van der Waals surface area contributed by atoms with Crippen LogP contribution in [0.3, 0.4) is 0 Å². The average Bonchev–Trinajstić information content (AvgIpc) is 2.27. The van der Waals surface area contributed by atoms with Crippen LogP contribution in [0.1, 0.15) is 5.56 Å². The molecule has 0 N–H and O–H groups in total. The summed E-state index contributed by atoms with van der Waals surface area (Å²) in [5.74, 6) is 1.39. The van der Waals surface area contributed by atoms with Gasteiger partial charge in [-0.3, -0.25) is 0 Å². The van der Waals surface area contributed by atoms with Crippen LogP contribution in [0, 0.1) is 11.3 Å². The molecule has 0 saturated carbocycles. The van der Waals surface area contributed by atoms with Gasteiger partial charge in [0.05, 0.1) is 24.8 Å². The maximum absolute atomic E-state index is 8.48. The minimum atomic E-state index is 0.689. The maximum Gasteiger partial charge on any atom is 0.133 e. The Morgan fingerprint density at radius 1 is 1.27 bits per heavy atom. The predicted octanol–water partition coefficient (Wildman–Crippen LogP) is 3.00. The SMILES string of the molecule is COc1ccc(OC)c(/C=C/C#N)c1Br. The topological polar surface area (TPSA) is 42.2 Å². The zero-order valence-corrected chi connectivity index (χ0v) is 10.0. The van der Waals surface area contributed by atoms with Crippen LogP contribution in [0.2, 0.25) is 0 Å². The first-order chi connectivity index (χ1) is 7.24. The van der Waals surface area contributed by atoms with Gasteiger partial charge in [-0.05, 0) is 34.1 Å². The Balaban J connectivity index is 3.30. The molecule has 1 rings (SSSR count). The van der Waals surface area contributed by atoms with E-state index in [9.17, 15) is 0 Å². The van der Waals surface area contributed by atoms with Crippen molar-refractivity contribution in [3.63, 3.8) is 0 Å². The number of methoxy groups -OCH3 is 2. The van der Waals surface area contributed by atoms with Crippen LogP contribution in [-0.4, -0.2) is 14.2 Å². The predicted molar refractivity (Wildman–Crippen MR) is 61.9 cm³/mol. The minimum absolute atomic E-state index is 0.689. The number of hydrogen-bond donors (Lipinski definition) is 0. The van der Waals surface area contributed by atoms with Crippen molar-refractivity contribution in [3.8, 4) is 17.6 Å². The average molecular weight is 268 g/mol. The number of ether oxygens (including phenoxy) is 2. The zero-order chi connectivity index (χ0) is 11.3. The summed E-state index contributed by atoms with van der Waals surface area (Å²) in [5.41, 5.74) is 0.790. The fourth-order valence-corrected chi connectivity index (χ4v) is 1.79. The molecule has 0 atom stereocenters. The molecule has 0 bridgehead atoms. The molecule has 0 heterocycles. The number of benzene rings is 1. The third-order valence-electron chi connectivity index (χ3n) is 1.87. The normalized spacial score (nSPS) is 10.0. The monoisotopic (exact) mass is 267 g/mol. The molecular formula is C11H10BrNO2. The summed E-state index contributed by atoms with van der Waals surface area (Å²) in [7, 11) is 3.17. The Bertz CT molecular complexity index is 421. The number of hydrogen-bond acceptors (Lipinski definition) is 3. The van der Waals surface area contributed by atoms with Gasteiger partial charge in [0.1, 0.15) is 11.5 Å². The van der Waals surface area contributed by atoms with Gasteiger partial charge in [0.15, 0.2) is 0 Å². The fraction of sp³-hybridized carbons (Fsp3) is 0.182. The van der Waals surface area contributed by atoms with E-state index in [0.717, 1.165) is 10.0 Å². The van der Waals surface area contributed by atoms with Gasteiger partial charge in [0.2, 0.25) is 0 Å². The molecule has 0 amide bonds. The summed E-state index contributed by atoms with van der Waals surface area (Å²) in [6, 6.07) is 5.52. The van der Waals surface area contributed by atoms with Gasteiger partial charge >= 0.3 is 0 Å². The third-order valence-corrected chi connectivity index (χ3v) is 2.69. The Kier molecular flexibility index (Phi) is 4.19. The van der Waals surface area contributed by atoms with Gasteiger partial charge in [-0.15, -0.1) is 0 Å². The third kappa shape index (κ3) is 2.51. The Morgan fingerprint density at radius 3 is 2.40 bits per heavy atom. The Labute approximate surface area is 97.1 Å². The van der Waals surface area contributed by atoms with E-state index in [-0.39, 0.29) is 0 Å². The molecule has 3 nitrogen and oxygen atoms in total. The highest BCUT2D eigenvalue weighted by Crippen LogP contribution is 2.35. The van der Waals surface area contributed by atoms with E-state index >= 15 is 0 Å². The highest BCUT2D eigenvalue weighted by molar-refractivity contribution is 9.10. The van der Waals surface area contributed by atoms with Crippen molar-refractivity contribution in [2.24, 2.45) is 0 Å². The molecule has 1 aromatic rings. The molecule has 0 aliphatic rings. The van der Waals surface area contributed by atoms with Gasteiger partial charge < -0.3 is 9.47 Å². The van der Waals surface area contributed by atoms with E-state index in [1.807, 2.05) is 6.07 Å². The second-order valence-corrected chi connectivity index (χ2v) is 3.45. The van der Waals surface area contributed by atoms with Gasteiger partial charge in [0.25, 0.3) is 0 Å². The van der Waals surface area contributed by atoms with Crippen molar-refractivity contribution >= 4 is 22.0 Å². The number of nitriles is 1. The number of halogens is 1. The van der Waals surface area contributed by atoms with Gasteiger partial charge in [-0.1, -0.05) is 0 Å². The highest BCUT2D eigenvalue weighted by Gasteiger charge is 2.09. The lowest BCUT2D eigenvalue weighted by molar-refractivity contribution is 0.400. The molecule has 0 aromatic heterocycles. The second-order valence-electron chi connectivity index (χ2n) is 2.66. The molecule has 0 fully saturated rings. The summed E-state index contributed by atoms with van der Waals surface area (Å²) in [4.78, 5) is 0. The Hall–Kier alpha value is -1.47. The lowest BCUT2D eigenvalue weighted by Crippen LogP contribution is -1.91. The molecule has 0 aliphatic heterocycles. The second kappa shape index (κ2) is 5.42. The van der Waals surface area contributed by atoms with Crippen LogP contribution in [-0.2, 0) is 0 Å². The molecule has 0 spiro atoms. The van der Waals surface area contributed by atoms with Crippen LogP contribution in [0.4, 0.5) is 0 Å². The quantitative estimate of drug-likeness (QED) is 0.791. The summed E-state index contributed by atoms with van der Waals surface area (Å²) < 4.78 is 11.1. The Morgan fingerprint density at radius 2 is 1.87 bits per heavy atom. The first-order valence-corrected chi connectivity index (χ1v) is 5.00. The van der Waals surface area contributed by atoms with E-state index < -0.39 is 0 Å². The summed E-state index contributed by atoms with van der Waals surface area (Å²) >= 11 is 3.40. The number of nitrogens with zero attached hydrogens (tertiary/aromatic N) is 1. The standard InChI is InChI=1S/C11H10BrNO2/c1-14-9-5-6-10(15-2)11(12)8(9)4-3-7-13/h3-6H,1-2H3/b4-3+. The molecule has 78 valence electrons. The van der Waals surface area contributed by atoms with Gasteiger partial charge in [-0.2, -0.15) is 5.26 Å². The first-order valence-electron chi connectivity index (χ1n) is 4.21. The van der Waals surface area contributed by atoms with E-state index in [2.05, 4.69) is 15.9 Å². The van der Waals surface area contributed by atoms with E-state index in [4.69, 9.17) is 14.7 Å². The van der Waals surface area contributed by atoms with Crippen LogP contribution < -0.4 is 9.47 Å². The van der Waals surface area contributed by atoms with Crippen LogP contribution in [0.15, 0.2) is 22.7 Å². The van der Waals surface area contributed by atoms with Crippen molar-refractivity contribution in [3.05, 3.63) is 28.2 Å². The largest absolute Gasteiger partial charge is 0.496 e. The summed E-state index contributed by atoms with van der Waals surface area (Å²) in [6.07, 6.45) is 3.06. The summed E-state index contributed by atoms with van der Waals surface area (Å²) in [5, 5.41) is 8.48. The van der Waals surface area contributed by atoms with Crippen LogP contribution in [0.5, 0.6) is 11.5 Å². The van der Waals surface area contributed by atoms with Gasteiger partial charge in [0, 0.05) is 11.6 Å². The lowest BCUT2D eigenvalue weighted by atomic mass is 10.1. The highest BCUT2D eigenvalue weighted by atomic mass is 79.9. The van der Waals surface area contributed by atoms with Crippen molar-refractivity contribution in [1.82, 2.24) is 0 Å². The van der Waals surface area contributed by atoms with Crippen molar-refractivity contribution in [1.29, 1.82) is 5.26 Å². The van der Waals surface area contributed by atoms with E-state index in [1.54, 1.807) is 32.4 Å².